The zero-order chi connectivity index (χ0) is 19.9. The summed E-state index contributed by atoms with van der Waals surface area (Å²) >= 11 is 0. The van der Waals surface area contributed by atoms with E-state index in [2.05, 4.69) is 0 Å². The van der Waals surface area contributed by atoms with Gasteiger partial charge in [0.05, 0.1) is 15.9 Å². The van der Waals surface area contributed by atoms with Gasteiger partial charge in [0.2, 0.25) is 0 Å². The van der Waals surface area contributed by atoms with Crippen LogP contribution in [0.15, 0.2) is 54.2 Å². The van der Waals surface area contributed by atoms with Gasteiger partial charge in [-0.05, 0) is 17.7 Å². The number of carbonyl (C=O) groups excluding carboxylic acids is 1. The predicted molar refractivity (Wildman–Crippen MR) is 100 cm³/mol. The molecule has 0 atom stereocenters. The number of non-ortho nitro benzene ring substituents is 1. The summed E-state index contributed by atoms with van der Waals surface area (Å²) < 4.78 is 0. The van der Waals surface area contributed by atoms with Gasteiger partial charge in [0.1, 0.15) is 5.56 Å². The molecule has 0 spiro atoms. The Morgan fingerprint density at radius 2 is 1.74 bits per heavy atom. The summed E-state index contributed by atoms with van der Waals surface area (Å²) in [5, 5.41) is 22.2. The largest absolute Gasteiger partial charge is 0.347 e. The number of allylic oxidation sites excluding steroid dienone is 2. The van der Waals surface area contributed by atoms with E-state index in [0.29, 0.717) is 5.70 Å². The highest BCUT2D eigenvalue weighted by Gasteiger charge is 2.39. The van der Waals surface area contributed by atoms with Crippen LogP contribution in [-0.2, 0) is 5.41 Å². The number of para-hydroxylation sites is 1. The average Bonchev–Trinajstić information content (AvgIpc) is 2.82. The van der Waals surface area contributed by atoms with Crippen LogP contribution in [0.3, 0.4) is 0 Å². The summed E-state index contributed by atoms with van der Waals surface area (Å²) in [6.45, 7) is 3.94. The van der Waals surface area contributed by atoms with Crippen molar-refractivity contribution in [2.75, 3.05) is 11.9 Å². The lowest BCUT2D eigenvalue weighted by Gasteiger charge is -2.23. The van der Waals surface area contributed by atoms with Gasteiger partial charge in [0, 0.05) is 36.0 Å². The Morgan fingerprint density at radius 1 is 1.07 bits per heavy atom. The number of carbonyl (C=O) groups is 1. The van der Waals surface area contributed by atoms with E-state index >= 15 is 0 Å². The number of hydrogen-bond donors (Lipinski definition) is 0. The van der Waals surface area contributed by atoms with E-state index in [4.69, 9.17) is 0 Å². The first kappa shape index (κ1) is 18.2. The molecule has 2 aromatic rings. The van der Waals surface area contributed by atoms with Crippen molar-refractivity contribution >= 4 is 22.8 Å². The molecule has 0 saturated heterocycles. The zero-order valence-corrected chi connectivity index (χ0v) is 15.0. The molecule has 27 heavy (non-hydrogen) atoms. The Bertz CT molecular complexity index is 1010. The van der Waals surface area contributed by atoms with Crippen LogP contribution < -0.4 is 4.90 Å². The van der Waals surface area contributed by atoms with Gasteiger partial charge in [0.15, 0.2) is 5.78 Å². The summed E-state index contributed by atoms with van der Waals surface area (Å²) in [6, 6.07) is 10.8. The number of likely N-dealkylation sites (N-methyl/N-ethyl adjacent to an activating group) is 1. The molecule has 138 valence electrons. The highest BCUT2D eigenvalue weighted by Crippen LogP contribution is 2.46. The van der Waals surface area contributed by atoms with E-state index in [1.807, 2.05) is 50.1 Å². The topological polar surface area (TPSA) is 107 Å². The standard InChI is InChI=1S/C19H17N3O5/c1-19(2)14-6-4-5-7-15(14)20(3)18(19)11-17(23)13-9-8-12(21(24)25)10-16(13)22(26)27/h4-11H,1-3H3/b18-11+. The minimum Gasteiger partial charge on any atom is -0.347 e. The minimum atomic E-state index is -0.781. The third-order valence-electron chi connectivity index (χ3n) is 4.86. The molecule has 1 aliphatic heterocycles. The summed E-state index contributed by atoms with van der Waals surface area (Å²) in [5.74, 6) is -0.570. The van der Waals surface area contributed by atoms with Crippen molar-refractivity contribution in [2.45, 2.75) is 19.3 Å². The number of nitro benzene ring substituents is 2. The molecule has 0 aliphatic carbocycles. The van der Waals surface area contributed by atoms with Crippen LogP contribution in [0.4, 0.5) is 17.1 Å². The molecule has 8 heteroatoms. The first-order valence-corrected chi connectivity index (χ1v) is 8.17. The van der Waals surface area contributed by atoms with Crippen LogP contribution in [0.5, 0.6) is 0 Å². The van der Waals surface area contributed by atoms with Crippen molar-refractivity contribution in [3.63, 3.8) is 0 Å². The molecule has 0 bridgehead atoms. The van der Waals surface area contributed by atoms with Crippen LogP contribution in [0, 0.1) is 20.2 Å². The molecule has 0 aromatic heterocycles. The van der Waals surface area contributed by atoms with Crippen LogP contribution >= 0.6 is 0 Å². The quantitative estimate of drug-likeness (QED) is 0.350. The van der Waals surface area contributed by atoms with Crippen molar-refractivity contribution in [1.29, 1.82) is 0 Å². The van der Waals surface area contributed by atoms with Crippen molar-refractivity contribution in [1.82, 2.24) is 0 Å². The number of nitro groups is 2. The first-order valence-electron chi connectivity index (χ1n) is 8.17. The molecule has 0 radical (unpaired) electrons. The third-order valence-corrected chi connectivity index (χ3v) is 4.86. The number of ketones is 1. The Hall–Kier alpha value is -3.55. The lowest BCUT2D eigenvalue weighted by molar-refractivity contribution is -0.394. The van der Waals surface area contributed by atoms with Crippen molar-refractivity contribution in [2.24, 2.45) is 0 Å². The van der Waals surface area contributed by atoms with Crippen LogP contribution in [0.2, 0.25) is 0 Å². The smallest absolute Gasteiger partial charge is 0.287 e. The molecule has 0 saturated carbocycles. The lowest BCUT2D eigenvalue weighted by Crippen LogP contribution is -2.24. The molecule has 0 N–H and O–H groups in total. The van der Waals surface area contributed by atoms with Gasteiger partial charge >= 0.3 is 0 Å². The van der Waals surface area contributed by atoms with Gasteiger partial charge in [-0.25, -0.2) is 0 Å². The number of rotatable bonds is 4. The average molecular weight is 367 g/mol. The van der Waals surface area contributed by atoms with Gasteiger partial charge in [-0.3, -0.25) is 25.0 Å². The number of nitrogens with zero attached hydrogens (tertiary/aromatic N) is 3. The Labute approximate surface area is 155 Å². The molecule has 3 rings (SSSR count). The summed E-state index contributed by atoms with van der Waals surface area (Å²) in [5.41, 5.74) is 1.04. The summed E-state index contributed by atoms with van der Waals surface area (Å²) in [6.07, 6.45) is 1.37. The predicted octanol–water partition coefficient (Wildman–Crippen LogP) is 4.00. The second kappa shape index (κ2) is 6.31. The van der Waals surface area contributed by atoms with Crippen molar-refractivity contribution in [3.05, 3.63) is 85.6 Å². The van der Waals surface area contributed by atoms with Gasteiger partial charge < -0.3 is 4.90 Å². The van der Waals surface area contributed by atoms with Gasteiger partial charge in [-0.2, -0.15) is 0 Å². The van der Waals surface area contributed by atoms with Gasteiger partial charge in [-0.1, -0.05) is 32.0 Å². The second-order valence-electron chi connectivity index (χ2n) is 6.81. The molecule has 0 unspecified atom stereocenters. The zero-order valence-electron chi connectivity index (χ0n) is 15.0. The molecule has 8 nitrogen and oxygen atoms in total. The number of fused-ring (bicyclic) bond motifs is 1. The molecule has 1 heterocycles. The fourth-order valence-electron chi connectivity index (χ4n) is 3.45. The maximum atomic E-state index is 12.8. The van der Waals surface area contributed by atoms with E-state index in [0.717, 1.165) is 29.4 Å². The Balaban J connectivity index is 2.08. The maximum absolute atomic E-state index is 12.8. The summed E-state index contributed by atoms with van der Waals surface area (Å²) in [7, 11) is 1.83. The second-order valence-corrected chi connectivity index (χ2v) is 6.81. The molecule has 2 aromatic carbocycles. The highest BCUT2D eigenvalue weighted by atomic mass is 16.6. The van der Waals surface area contributed by atoms with E-state index < -0.39 is 32.4 Å². The highest BCUT2D eigenvalue weighted by molar-refractivity contribution is 6.08. The molecule has 0 fully saturated rings. The molecular formula is C19H17N3O5. The van der Waals surface area contributed by atoms with Gasteiger partial charge in [0.25, 0.3) is 11.4 Å². The number of benzene rings is 2. The SMILES string of the molecule is CN1/C(=C/C(=O)c2ccc([N+](=O)[O-])cc2[N+](=O)[O-])C(C)(C)c2ccccc21. The molecule has 0 amide bonds. The van der Waals surface area contributed by atoms with Crippen LogP contribution in [0.25, 0.3) is 0 Å². The normalized spacial score (nSPS) is 16.3. The van der Waals surface area contributed by atoms with E-state index in [-0.39, 0.29) is 5.56 Å². The fourth-order valence-corrected chi connectivity index (χ4v) is 3.45. The minimum absolute atomic E-state index is 0.182. The summed E-state index contributed by atoms with van der Waals surface area (Å²) in [4.78, 5) is 35.4. The van der Waals surface area contributed by atoms with E-state index in [1.54, 1.807) is 0 Å². The first-order chi connectivity index (χ1) is 12.6. The van der Waals surface area contributed by atoms with Crippen LogP contribution in [-0.4, -0.2) is 22.7 Å². The monoisotopic (exact) mass is 367 g/mol. The third kappa shape index (κ3) is 2.95. The number of anilines is 1. The molecular weight excluding hydrogens is 350 g/mol. The van der Waals surface area contributed by atoms with Crippen molar-refractivity contribution in [3.8, 4) is 0 Å². The Kier molecular flexibility index (Phi) is 4.27. The molecule has 1 aliphatic rings. The van der Waals surface area contributed by atoms with E-state index in [9.17, 15) is 25.0 Å². The van der Waals surface area contributed by atoms with Crippen LogP contribution in [0.1, 0.15) is 29.8 Å². The van der Waals surface area contributed by atoms with Crippen molar-refractivity contribution < 1.29 is 14.6 Å². The fraction of sp³-hybridized carbons (Fsp3) is 0.211. The lowest BCUT2D eigenvalue weighted by atomic mass is 9.83. The van der Waals surface area contributed by atoms with E-state index in [1.165, 1.54) is 6.08 Å². The number of hydrogen-bond acceptors (Lipinski definition) is 6. The Morgan fingerprint density at radius 3 is 2.33 bits per heavy atom. The van der Waals surface area contributed by atoms with Gasteiger partial charge in [-0.15, -0.1) is 0 Å². The maximum Gasteiger partial charge on any atom is 0.287 e.